The Balaban J connectivity index is 1.65. The summed E-state index contributed by atoms with van der Waals surface area (Å²) in [5, 5.41) is 4.18. The van der Waals surface area contributed by atoms with Crippen molar-refractivity contribution in [1.82, 2.24) is 10.6 Å². The molecule has 2 aromatic carbocycles. The third-order valence-corrected chi connectivity index (χ3v) is 7.53. The molecule has 1 atom stereocenters. The number of amides is 3. The molecular formula is C22H25N2O8PS. The first-order valence-electron chi connectivity index (χ1n) is 10.2. The lowest BCUT2D eigenvalue weighted by molar-refractivity contribution is -0.118. The highest BCUT2D eigenvalue weighted by molar-refractivity contribution is 8.15. The summed E-state index contributed by atoms with van der Waals surface area (Å²) in [6, 6.07) is 12.0. The lowest BCUT2D eigenvalue weighted by atomic mass is 10.0. The molecule has 1 aliphatic rings. The van der Waals surface area contributed by atoms with Gasteiger partial charge >= 0.3 is 7.60 Å². The molecule has 12 heteroatoms. The first-order valence-corrected chi connectivity index (χ1v) is 12.8. The molecule has 1 fully saturated rings. The summed E-state index contributed by atoms with van der Waals surface area (Å²) >= 11 is 0.933. The van der Waals surface area contributed by atoms with Gasteiger partial charge in [-0.25, -0.2) is 0 Å². The number of nitrogens with one attached hydrogen (secondary N) is 2. The first-order chi connectivity index (χ1) is 16.3. The minimum atomic E-state index is -3.32. The van der Waals surface area contributed by atoms with E-state index in [1.807, 2.05) is 0 Å². The average molecular weight is 508 g/mol. The zero-order chi connectivity index (χ0) is 24.7. The number of benzene rings is 2. The van der Waals surface area contributed by atoms with E-state index in [9.17, 15) is 18.9 Å². The zero-order valence-corrected chi connectivity index (χ0v) is 20.6. The van der Waals surface area contributed by atoms with Crippen LogP contribution in [0, 0.1) is 0 Å². The Morgan fingerprint density at radius 2 is 1.85 bits per heavy atom. The number of imide groups is 1. The minimum absolute atomic E-state index is 0.199. The molecular weight excluding hydrogens is 483 g/mol. The predicted molar refractivity (Wildman–Crippen MR) is 126 cm³/mol. The summed E-state index contributed by atoms with van der Waals surface area (Å²) in [5.74, 6) is 0.120. The first kappa shape index (κ1) is 25.8. The molecule has 182 valence electrons. The van der Waals surface area contributed by atoms with E-state index in [2.05, 4.69) is 10.6 Å². The summed E-state index contributed by atoms with van der Waals surface area (Å²) in [6.07, 6.45) is 0.0570. The molecule has 0 radical (unpaired) electrons. The predicted octanol–water partition coefficient (Wildman–Crippen LogP) is 3.34. The standard InChI is InChI=1S/C22H25N2O8PS/c1-29-18-8-7-14(11-19-21(26)24-22(27)34-19)10-17(18)20(25)23-12-15-5-4-6-16(9-15)32-13-33(28,30-2)31-3/h4-10,19H,11-13H2,1-3H3,(H,23,25)(H,24,26,27). The van der Waals surface area contributed by atoms with Crippen molar-refractivity contribution in [1.29, 1.82) is 0 Å². The Morgan fingerprint density at radius 3 is 2.50 bits per heavy atom. The van der Waals surface area contributed by atoms with E-state index in [1.54, 1.807) is 42.5 Å². The molecule has 0 saturated carbocycles. The largest absolute Gasteiger partial charge is 0.496 e. The number of thioether (sulfide) groups is 1. The van der Waals surface area contributed by atoms with Gasteiger partial charge in [-0.05, 0) is 41.8 Å². The van der Waals surface area contributed by atoms with Crippen LogP contribution < -0.4 is 20.1 Å². The van der Waals surface area contributed by atoms with Gasteiger partial charge in [0.1, 0.15) is 11.5 Å². The summed E-state index contributed by atoms with van der Waals surface area (Å²) in [7, 11) is 0.709. The van der Waals surface area contributed by atoms with Crippen LogP contribution in [0.4, 0.5) is 4.79 Å². The van der Waals surface area contributed by atoms with Crippen LogP contribution >= 0.6 is 19.4 Å². The highest BCUT2D eigenvalue weighted by atomic mass is 32.2. The van der Waals surface area contributed by atoms with Crippen LogP contribution in [-0.4, -0.2) is 50.0 Å². The van der Waals surface area contributed by atoms with Crippen molar-refractivity contribution in [2.75, 3.05) is 27.7 Å². The minimum Gasteiger partial charge on any atom is -0.496 e. The normalized spacial score (nSPS) is 15.7. The van der Waals surface area contributed by atoms with Crippen molar-refractivity contribution in [2.24, 2.45) is 0 Å². The maximum atomic E-state index is 12.9. The fourth-order valence-electron chi connectivity index (χ4n) is 3.16. The number of rotatable bonds is 11. The number of carbonyl (C=O) groups is 3. The summed E-state index contributed by atoms with van der Waals surface area (Å²) in [6.45, 7) is 0.199. The SMILES string of the molecule is COc1ccc(CC2SC(=O)NC2=O)cc1C(=O)NCc1cccc(OCP(=O)(OC)OC)c1. The van der Waals surface area contributed by atoms with Crippen molar-refractivity contribution in [3.8, 4) is 11.5 Å². The molecule has 1 aliphatic heterocycles. The fourth-order valence-corrected chi connectivity index (χ4v) is 4.68. The summed E-state index contributed by atoms with van der Waals surface area (Å²) in [5.41, 5.74) is 1.79. The van der Waals surface area contributed by atoms with E-state index in [0.29, 0.717) is 23.5 Å². The summed E-state index contributed by atoms with van der Waals surface area (Å²) < 4.78 is 32.7. The molecule has 2 aromatic rings. The van der Waals surface area contributed by atoms with Crippen LogP contribution in [0.15, 0.2) is 42.5 Å². The molecule has 0 bridgehead atoms. The molecule has 0 aromatic heterocycles. The summed E-state index contributed by atoms with van der Waals surface area (Å²) in [4.78, 5) is 36.2. The van der Waals surface area contributed by atoms with Crippen molar-refractivity contribution in [2.45, 2.75) is 18.2 Å². The van der Waals surface area contributed by atoms with E-state index in [-0.39, 0.29) is 29.9 Å². The Labute approximate surface area is 201 Å². The van der Waals surface area contributed by atoms with E-state index in [4.69, 9.17) is 18.5 Å². The topological polar surface area (TPSA) is 129 Å². The van der Waals surface area contributed by atoms with E-state index < -0.39 is 12.8 Å². The van der Waals surface area contributed by atoms with Crippen molar-refractivity contribution >= 4 is 36.4 Å². The van der Waals surface area contributed by atoms with Crippen molar-refractivity contribution < 1.29 is 37.5 Å². The Bertz CT molecular complexity index is 1120. The van der Waals surface area contributed by atoms with E-state index in [0.717, 1.165) is 22.9 Å². The third kappa shape index (κ3) is 6.60. The van der Waals surface area contributed by atoms with Gasteiger partial charge in [0.2, 0.25) is 5.91 Å². The van der Waals surface area contributed by atoms with Gasteiger partial charge in [0.25, 0.3) is 11.1 Å². The van der Waals surface area contributed by atoms with Crippen molar-refractivity contribution in [3.05, 3.63) is 59.2 Å². The van der Waals surface area contributed by atoms with Crippen molar-refractivity contribution in [3.63, 3.8) is 0 Å². The molecule has 10 nitrogen and oxygen atoms in total. The highest BCUT2D eigenvalue weighted by Gasteiger charge is 2.31. The Hall–Kier alpha value is -2.85. The van der Waals surface area contributed by atoms with Gasteiger partial charge in [-0.2, -0.15) is 0 Å². The van der Waals surface area contributed by atoms with Gasteiger partial charge in [-0.3, -0.25) is 24.3 Å². The monoisotopic (exact) mass is 508 g/mol. The van der Waals surface area contributed by atoms with Crippen LogP contribution in [0.5, 0.6) is 11.5 Å². The maximum Gasteiger partial charge on any atom is 0.367 e. The van der Waals surface area contributed by atoms with Gasteiger partial charge in [-0.15, -0.1) is 0 Å². The number of methoxy groups -OCH3 is 1. The molecule has 0 spiro atoms. The second-order valence-corrected chi connectivity index (χ2v) is 10.6. The van der Waals surface area contributed by atoms with Gasteiger partial charge in [0, 0.05) is 20.8 Å². The number of hydrogen-bond donors (Lipinski definition) is 2. The fraction of sp³-hybridized carbons (Fsp3) is 0.318. The molecule has 1 saturated heterocycles. The lowest BCUT2D eigenvalue weighted by Gasteiger charge is -2.15. The zero-order valence-electron chi connectivity index (χ0n) is 18.9. The smallest absolute Gasteiger partial charge is 0.367 e. The molecule has 1 unspecified atom stereocenters. The lowest BCUT2D eigenvalue weighted by Crippen LogP contribution is -2.26. The molecule has 3 amide bonds. The quantitative estimate of drug-likeness (QED) is 0.439. The molecule has 34 heavy (non-hydrogen) atoms. The van der Waals surface area contributed by atoms with Gasteiger partial charge in [0.05, 0.1) is 17.9 Å². The van der Waals surface area contributed by atoms with Gasteiger partial charge in [0.15, 0.2) is 6.35 Å². The molecule has 2 N–H and O–H groups in total. The third-order valence-electron chi connectivity index (χ3n) is 4.99. The second kappa shape index (κ2) is 11.5. The molecule has 1 heterocycles. The number of carbonyl (C=O) groups excluding carboxylic acids is 3. The van der Waals surface area contributed by atoms with Gasteiger partial charge in [-0.1, -0.05) is 30.0 Å². The van der Waals surface area contributed by atoms with Crippen LogP contribution in [0.1, 0.15) is 21.5 Å². The Kier molecular flexibility index (Phi) is 8.73. The molecule has 0 aliphatic carbocycles. The highest BCUT2D eigenvalue weighted by Crippen LogP contribution is 2.46. The number of ether oxygens (including phenoxy) is 2. The van der Waals surface area contributed by atoms with Crippen LogP contribution in [0.2, 0.25) is 0 Å². The molecule has 3 rings (SSSR count). The second-order valence-electron chi connectivity index (χ2n) is 7.20. The number of hydrogen-bond acceptors (Lipinski definition) is 9. The van der Waals surface area contributed by atoms with Crippen LogP contribution in [-0.2, 0) is 31.4 Å². The average Bonchev–Trinajstić information content (AvgIpc) is 3.17. The van der Waals surface area contributed by atoms with E-state index in [1.165, 1.54) is 21.3 Å². The Morgan fingerprint density at radius 1 is 1.09 bits per heavy atom. The van der Waals surface area contributed by atoms with E-state index >= 15 is 0 Å². The van der Waals surface area contributed by atoms with Gasteiger partial charge < -0.3 is 23.8 Å². The van der Waals surface area contributed by atoms with Crippen LogP contribution in [0.3, 0.4) is 0 Å². The van der Waals surface area contributed by atoms with Crippen LogP contribution in [0.25, 0.3) is 0 Å². The maximum absolute atomic E-state index is 12.9.